The summed E-state index contributed by atoms with van der Waals surface area (Å²) in [5, 5.41) is 12.4. The summed E-state index contributed by atoms with van der Waals surface area (Å²) in [7, 11) is 0. The fraction of sp³-hybridized carbons (Fsp3) is 0.486. The van der Waals surface area contributed by atoms with Crippen LogP contribution in [0.1, 0.15) is 50.8 Å². The predicted molar refractivity (Wildman–Crippen MR) is 179 cm³/mol. The second kappa shape index (κ2) is 13.6. The first-order valence-electron chi connectivity index (χ1n) is 16.1. The van der Waals surface area contributed by atoms with Crippen LogP contribution in [0.2, 0.25) is 5.02 Å². The Balaban J connectivity index is 1.31. The van der Waals surface area contributed by atoms with Crippen molar-refractivity contribution in [2.75, 3.05) is 49.1 Å². The van der Waals surface area contributed by atoms with Crippen LogP contribution in [0.25, 0.3) is 10.8 Å². The van der Waals surface area contributed by atoms with Crippen LogP contribution < -0.4 is 14.5 Å². The zero-order chi connectivity index (χ0) is 31.5. The standard InChI is InChI=1S/C35H42ClN7O2/c1-4-32(44)43-19-18-41(22-27(43)14-16-37)34-28-15-17-40(31-13-6-9-25-8-5-12-29(36)33(25)31)23-30(28)38-35(39-34)45-21-20-42(24(2)3)26-10-7-11-26/h4-6,8-9,12-13,24,26-27H,1,7,10-11,14-15,17-23H2,2-3H3/t27-/m0/s1. The number of anilines is 2. The van der Waals surface area contributed by atoms with E-state index in [9.17, 15) is 10.1 Å². The van der Waals surface area contributed by atoms with Gasteiger partial charge in [-0.2, -0.15) is 15.2 Å². The minimum absolute atomic E-state index is 0.144. The molecule has 10 heteroatoms. The van der Waals surface area contributed by atoms with E-state index in [1.807, 2.05) is 12.1 Å². The van der Waals surface area contributed by atoms with Gasteiger partial charge in [0.15, 0.2) is 0 Å². The molecule has 3 aromatic rings. The van der Waals surface area contributed by atoms with E-state index in [0.717, 1.165) is 58.1 Å². The Morgan fingerprint density at radius 1 is 1.18 bits per heavy atom. The molecule has 2 aromatic carbocycles. The fourth-order valence-electron chi connectivity index (χ4n) is 7.02. The number of nitrogens with zero attached hydrogens (tertiary/aromatic N) is 7. The van der Waals surface area contributed by atoms with E-state index in [2.05, 4.69) is 65.5 Å². The summed E-state index contributed by atoms with van der Waals surface area (Å²) in [5.41, 5.74) is 3.12. The topological polar surface area (TPSA) is 88.8 Å². The van der Waals surface area contributed by atoms with Gasteiger partial charge in [-0.25, -0.2) is 0 Å². The molecule has 3 aliphatic rings. The Morgan fingerprint density at radius 2 is 1.98 bits per heavy atom. The van der Waals surface area contributed by atoms with E-state index >= 15 is 0 Å². The molecule has 0 bridgehead atoms. The van der Waals surface area contributed by atoms with Gasteiger partial charge >= 0.3 is 6.01 Å². The van der Waals surface area contributed by atoms with Crippen molar-refractivity contribution in [2.45, 2.75) is 70.6 Å². The molecule has 0 spiro atoms. The summed E-state index contributed by atoms with van der Waals surface area (Å²) in [6.07, 6.45) is 6.11. The quantitative estimate of drug-likeness (QED) is 0.268. The third kappa shape index (κ3) is 6.45. The van der Waals surface area contributed by atoms with E-state index in [4.69, 9.17) is 26.3 Å². The number of benzene rings is 2. The molecule has 3 heterocycles. The molecule has 1 atom stereocenters. The molecule has 9 nitrogen and oxygen atoms in total. The van der Waals surface area contributed by atoms with Crippen molar-refractivity contribution in [1.29, 1.82) is 5.26 Å². The van der Waals surface area contributed by atoms with Gasteiger partial charge in [0.25, 0.3) is 0 Å². The molecule has 0 radical (unpaired) electrons. The van der Waals surface area contributed by atoms with Crippen LogP contribution in [0.5, 0.6) is 6.01 Å². The first kappa shape index (κ1) is 31.1. The highest BCUT2D eigenvalue weighted by Gasteiger charge is 2.34. The lowest BCUT2D eigenvalue weighted by molar-refractivity contribution is -0.128. The highest BCUT2D eigenvalue weighted by molar-refractivity contribution is 6.36. The Labute approximate surface area is 271 Å². The molecular formula is C35H42ClN7O2. The van der Waals surface area contributed by atoms with E-state index < -0.39 is 0 Å². The maximum absolute atomic E-state index is 12.6. The molecule has 2 fully saturated rings. The fourth-order valence-corrected chi connectivity index (χ4v) is 7.30. The lowest BCUT2D eigenvalue weighted by Crippen LogP contribution is -2.55. The number of nitriles is 1. The van der Waals surface area contributed by atoms with Crippen molar-refractivity contribution in [3.05, 3.63) is 65.3 Å². The number of hydrogen-bond acceptors (Lipinski definition) is 8. The Morgan fingerprint density at radius 3 is 2.69 bits per heavy atom. The number of hydrogen-bond donors (Lipinski definition) is 0. The van der Waals surface area contributed by atoms with Crippen LogP contribution in [0.4, 0.5) is 11.5 Å². The molecule has 45 heavy (non-hydrogen) atoms. The zero-order valence-corrected chi connectivity index (χ0v) is 27.0. The summed E-state index contributed by atoms with van der Waals surface area (Å²) in [4.78, 5) is 31.4. The number of fused-ring (bicyclic) bond motifs is 2. The number of amides is 1. The van der Waals surface area contributed by atoms with Crippen molar-refractivity contribution in [3.8, 4) is 12.1 Å². The largest absolute Gasteiger partial charge is 0.462 e. The lowest BCUT2D eigenvalue weighted by atomic mass is 9.90. The van der Waals surface area contributed by atoms with Gasteiger partial charge in [-0.1, -0.05) is 48.9 Å². The molecule has 1 aliphatic carbocycles. The number of carbonyl (C=O) groups excluding carboxylic acids is 1. The summed E-state index contributed by atoms with van der Waals surface area (Å²) in [6, 6.07) is 15.8. The zero-order valence-electron chi connectivity index (χ0n) is 26.3. The van der Waals surface area contributed by atoms with Gasteiger partial charge in [0.05, 0.1) is 35.8 Å². The predicted octanol–water partition coefficient (Wildman–Crippen LogP) is 5.60. The maximum atomic E-state index is 12.6. The smallest absolute Gasteiger partial charge is 0.318 e. The SMILES string of the molecule is C=CC(=O)N1CCN(c2nc(OCCN(C(C)C)C3CCC3)nc3c2CCN(c2cccc4cccc(Cl)c24)C3)C[C@@H]1CC#N. The van der Waals surface area contributed by atoms with Gasteiger partial charge in [-0.05, 0) is 56.7 Å². The van der Waals surface area contributed by atoms with Gasteiger partial charge in [0.2, 0.25) is 5.91 Å². The monoisotopic (exact) mass is 627 g/mol. The highest BCUT2D eigenvalue weighted by atomic mass is 35.5. The number of piperazine rings is 1. The van der Waals surface area contributed by atoms with Gasteiger partial charge < -0.3 is 19.4 Å². The minimum atomic E-state index is -0.246. The van der Waals surface area contributed by atoms with Gasteiger partial charge in [-0.3, -0.25) is 9.69 Å². The molecule has 2 aliphatic heterocycles. The van der Waals surface area contributed by atoms with Gasteiger partial charge in [0, 0.05) is 61.4 Å². The average molecular weight is 628 g/mol. The molecule has 1 amide bonds. The molecule has 1 aromatic heterocycles. The molecular weight excluding hydrogens is 586 g/mol. The summed E-state index contributed by atoms with van der Waals surface area (Å²) >= 11 is 6.72. The van der Waals surface area contributed by atoms with E-state index in [-0.39, 0.29) is 18.4 Å². The molecule has 1 saturated heterocycles. The average Bonchev–Trinajstić information content (AvgIpc) is 3.02. The first-order valence-corrected chi connectivity index (χ1v) is 16.5. The Kier molecular flexibility index (Phi) is 9.43. The minimum Gasteiger partial charge on any atom is -0.462 e. The van der Waals surface area contributed by atoms with E-state index in [0.29, 0.717) is 50.9 Å². The van der Waals surface area contributed by atoms with E-state index in [1.165, 1.54) is 25.3 Å². The van der Waals surface area contributed by atoms with Gasteiger partial charge in [-0.15, -0.1) is 0 Å². The molecule has 0 N–H and O–H groups in total. The van der Waals surface area contributed by atoms with E-state index in [1.54, 1.807) is 4.90 Å². The van der Waals surface area contributed by atoms with Crippen LogP contribution in [-0.2, 0) is 17.8 Å². The number of carbonyl (C=O) groups is 1. The molecule has 6 rings (SSSR count). The molecule has 236 valence electrons. The Bertz CT molecular complexity index is 1600. The number of aromatic nitrogens is 2. The first-order chi connectivity index (χ1) is 21.9. The Hall–Kier alpha value is -3.87. The van der Waals surface area contributed by atoms with Crippen molar-refractivity contribution >= 4 is 39.8 Å². The normalized spacial score (nSPS) is 18.6. The van der Waals surface area contributed by atoms with Crippen molar-refractivity contribution < 1.29 is 9.53 Å². The van der Waals surface area contributed by atoms with Crippen LogP contribution >= 0.6 is 11.6 Å². The third-order valence-corrected chi connectivity index (χ3v) is 9.86. The summed E-state index contributed by atoms with van der Waals surface area (Å²) in [5.74, 6) is 0.702. The van der Waals surface area contributed by atoms with Gasteiger partial charge in [0.1, 0.15) is 12.4 Å². The van der Waals surface area contributed by atoms with Crippen LogP contribution in [0, 0.1) is 11.3 Å². The van der Waals surface area contributed by atoms with Crippen molar-refractivity contribution in [2.24, 2.45) is 0 Å². The maximum Gasteiger partial charge on any atom is 0.318 e. The lowest BCUT2D eigenvalue weighted by Gasteiger charge is -2.42. The third-order valence-electron chi connectivity index (χ3n) is 9.55. The number of rotatable bonds is 10. The summed E-state index contributed by atoms with van der Waals surface area (Å²) in [6.45, 7) is 12.5. The van der Waals surface area contributed by atoms with Crippen molar-refractivity contribution in [1.82, 2.24) is 19.8 Å². The van der Waals surface area contributed by atoms with Crippen LogP contribution in [-0.4, -0.2) is 83.1 Å². The second-order valence-corrected chi connectivity index (χ2v) is 12.9. The molecule has 1 saturated carbocycles. The number of ether oxygens (including phenoxy) is 1. The summed E-state index contributed by atoms with van der Waals surface area (Å²) < 4.78 is 6.32. The highest BCUT2D eigenvalue weighted by Crippen LogP contribution is 2.37. The second-order valence-electron chi connectivity index (χ2n) is 12.5. The van der Waals surface area contributed by atoms with Crippen LogP contribution in [0.15, 0.2) is 49.1 Å². The van der Waals surface area contributed by atoms with Crippen molar-refractivity contribution in [3.63, 3.8) is 0 Å². The van der Waals surface area contributed by atoms with Crippen LogP contribution in [0.3, 0.4) is 0 Å². The molecule has 0 unspecified atom stereocenters. The number of halogens is 1.